The third-order valence-corrected chi connectivity index (χ3v) is 4.47. The monoisotopic (exact) mass is 327 g/mol. The fourth-order valence-electron chi connectivity index (χ4n) is 1.67. The number of aliphatic hydroxyl groups is 1. The Balaban J connectivity index is 2.59. The number of benzene rings is 1. The van der Waals surface area contributed by atoms with Crippen LogP contribution in [0.3, 0.4) is 0 Å². The molecule has 0 saturated heterocycles. The number of rotatable bonds is 7. The van der Waals surface area contributed by atoms with Crippen LogP contribution in [0.25, 0.3) is 0 Å². The van der Waals surface area contributed by atoms with Crippen LogP contribution in [0.4, 0.5) is 4.39 Å². The van der Waals surface area contributed by atoms with Gasteiger partial charge in [-0.05, 0) is 44.7 Å². The molecule has 1 aromatic rings. The van der Waals surface area contributed by atoms with E-state index >= 15 is 0 Å². The van der Waals surface area contributed by atoms with Crippen LogP contribution in [0.2, 0.25) is 0 Å². The van der Waals surface area contributed by atoms with Crippen molar-refractivity contribution in [2.75, 3.05) is 25.9 Å². The van der Waals surface area contributed by atoms with E-state index in [0.29, 0.717) is 24.6 Å². The Hall–Kier alpha value is -1.27. The molecule has 22 heavy (non-hydrogen) atoms. The topological polar surface area (TPSA) is 56.7 Å². The van der Waals surface area contributed by atoms with Crippen molar-refractivity contribution in [1.82, 2.24) is 10.6 Å². The van der Waals surface area contributed by atoms with Gasteiger partial charge in [-0.1, -0.05) is 12.1 Å². The Labute approximate surface area is 136 Å². The zero-order chi connectivity index (χ0) is 16.6. The molecular formula is C16H26FN3OS. The fourth-order valence-corrected chi connectivity index (χ4v) is 1.87. The quantitative estimate of drug-likeness (QED) is 0.532. The third-order valence-electron chi connectivity index (χ3n) is 3.23. The Morgan fingerprint density at radius 2 is 1.95 bits per heavy atom. The number of nitrogens with zero attached hydrogens (tertiary/aromatic N) is 1. The molecule has 124 valence electrons. The number of hydrogen-bond acceptors (Lipinski definition) is 3. The molecule has 0 radical (unpaired) electrons. The first-order chi connectivity index (χ1) is 10.4. The summed E-state index contributed by atoms with van der Waals surface area (Å²) in [5.74, 6) is 0.365. The van der Waals surface area contributed by atoms with Crippen molar-refractivity contribution in [2.24, 2.45) is 4.99 Å². The average molecular weight is 327 g/mol. The van der Waals surface area contributed by atoms with Crippen LogP contribution < -0.4 is 10.6 Å². The minimum atomic E-state index is -0.710. The van der Waals surface area contributed by atoms with Gasteiger partial charge in [-0.3, -0.25) is 4.99 Å². The maximum atomic E-state index is 12.9. The first-order valence-electron chi connectivity index (χ1n) is 7.39. The van der Waals surface area contributed by atoms with Crippen LogP contribution in [0.15, 0.2) is 29.3 Å². The molecule has 0 amide bonds. The molecular weight excluding hydrogens is 301 g/mol. The number of hydrogen-bond donors (Lipinski definition) is 3. The summed E-state index contributed by atoms with van der Waals surface area (Å²) in [4.78, 5) is 4.54. The van der Waals surface area contributed by atoms with E-state index in [9.17, 15) is 9.50 Å². The summed E-state index contributed by atoms with van der Waals surface area (Å²) in [5, 5.41) is 16.4. The summed E-state index contributed by atoms with van der Waals surface area (Å²) in [7, 11) is 0. The number of nitrogens with one attached hydrogen (secondary N) is 2. The lowest BCUT2D eigenvalue weighted by molar-refractivity contribution is 0.180. The molecule has 0 heterocycles. The Morgan fingerprint density at radius 1 is 1.32 bits per heavy atom. The molecule has 0 aliphatic heterocycles. The normalized spacial score (nSPS) is 13.8. The fraction of sp³-hybridized carbons (Fsp3) is 0.562. The average Bonchev–Trinajstić information content (AvgIpc) is 2.50. The number of halogens is 1. The molecule has 1 atom stereocenters. The number of guanidine groups is 1. The van der Waals surface area contributed by atoms with Crippen molar-refractivity contribution >= 4 is 17.7 Å². The molecule has 6 heteroatoms. The summed E-state index contributed by atoms with van der Waals surface area (Å²) in [5.41, 5.74) is 0.675. The predicted molar refractivity (Wildman–Crippen MR) is 92.9 cm³/mol. The number of aliphatic hydroxyl groups excluding tert-OH is 1. The highest BCUT2D eigenvalue weighted by atomic mass is 32.2. The highest BCUT2D eigenvalue weighted by Gasteiger charge is 2.15. The lowest BCUT2D eigenvalue weighted by Gasteiger charge is -2.21. The highest BCUT2D eigenvalue weighted by molar-refractivity contribution is 7.99. The van der Waals surface area contributed by atoms with E-state index in [1.165, 1.54) is 12.1 Å². The zero-order valence-corrected chi connectivity index (χ0v) is 14.5. The second kappa shape index (κ2) is 9.00. The van der Waals surface area contributed by atoms with Gasteiger partial charge in [-0.25, -0.2) is 4.39 Å². The van der Waals surface area contributed by atoms with Crippen LogP contribution in [0.5, 0.6) is 0 Å². The second-order valence-corrected chi connectivity index (χ2v) is 7.12. The largest absolute Gasteiger partial charge is 0.387 e. The first kappa shape index (κ1) is 18.8. The van der Waals surface area contributed by atoms with Crippen molar-refractivity contribution in [2.45, 2.75) is 31.6 Å². The van der Waals surface area contributed by atoms with Gasteiger partial charge in [0.1, 0.15) is 5.82 Å². The van der Waals surface area contributed by atoms with Gasteiger partial charge < -0.3 is 15.7 Å². The van der Waals surface area contributed by atoms with E-state index in [-0.39, 0.29) is 10.6 Å². The van der Waals surface area contributed by atoms with Crippen molar-refractivity contribution in [3.05, 3.63) is 35.6 Å². The molecule has 0 fully saturated rings. The molecule has 0 aromatic heterocycles. The minimum Gasteiger partial charge on any atom is -0.387 e. The molecule has 3 N–H and O–H groups in total. The predicted octanol–water partition coefficient (Wildman–Crippen LogP) is 2.56. The van der Waals surface area contributed by atoms with Gasteiger partial charge in [0.05, 0.1) is 12.6 Å². The van der Waals surface area contributed by atoms with Gasteiger partial charge in [0.15, 0.2) is 5.96 Å². The summed E-state index contributed by atoms with van der Waals surface area (Å²) in [6.45, 7) is 8.01. The van der Waals surface area contributed by atoms with Crippen molar-refractivity contribution in [3.63, 3.8) is 0 Å². The number of aliphatic imine (C=N–C) groups is 1. The molecule has 0 aliphatic rings. The van der Waals surface area contributed by atoms with Crippen LogP contribution in [-0.4, -0.2) is 41.7 Å². The van der Waals surface area contributed by atoms with Crippen LogP contribution in [0, 0.1) is 5.82 Å². The second-order valence-electron chi connectivity index (χ2n) is 5.61. The SMILES string of the molecule is CCNC(=NCC(C)(C)SC)NCC(O)c1ccc(F)cc1. The van der Waals surface area contributed by atoms with Crippen molar-refractivity contribution in [1.29, 1.82) is 0 Å². The van der Waals surface area contributed by atoms with Crippen LogP contribution in [-0.2, 0) is 0 Å². The molecule has 1 unspecified atom stereocenters. The van der Waals surface area contributed by atoms with E-state index in [0.717, 1.165) is 6.54 Å². The maximum Gasteiger partial charge on any atom is 0.191 e. The standard InChI is InChI=1S/C16H26FN3OS/c1-5-18-15(20-11-16(2,3)22-4)19-10-14(21)12-6-8-13(17)9-7-12/h6-9,14,21H,5,10-11H2,1-4H3,(H2,18,19,20). The van der Waals surface area contributed by atoms with Gasteiger partial charge in [0.2, 0.25) is 0 Å². The Kier molecular flexibility index (Phi) is 7.68. The van der Waals surface area contributed by atoms with E-state index < -0.39 is 6.10 Å². The van der Waals surface area contributed by atoms with Crippen molar-refractivity contribution < 1.29 is 9.50 Å². The molecule has 0 saturated carbocycles. The molecule has 1 aromatic carbocycles. The molecule has 1 rings (SSSR count). The summed E-state index contributed by atoms with van der Waals surface area (Å²) in [6.07, 6.45) is 1.35. The highest BCUT2D eigenvalue weighted by Crippen LogP contribution is 2.21. The van der Waals surface area contributed by atoms with Crippen molar-refractivity contribution in [3.8, 4) is 0 Å². The van der Waals surface area contributed by atoms with Gasteiger partial charge in [0, 0.05) is 17.8 Å². The summed E-state index contributed by atoms with van der Waals surface area (Å²) >= 11 is 1.76. The van der Waals surface area contributed by atoms with Gasteiger partial charge in [-0.2, -0.15) is 11.8 Å². The smallest absolute Gasteiger partial charge is 0.191 e. The van der Waals surface area contributed by atoms with Gasteiger partial charge >= 0.3 is 0 Å². The van der Waals surface area contributed by atoms with E-state index in [1.54, 1.807) is 23.9 Å². The van der Waals surface area contributed by atoms with E-state index in [2.05, 4.69) is 35.7 Å². The Morgan fingerprint density at radius 3 is 2.50 bits per heavy atom. The maximum absolute atomic E-state index is 12.9. The zero-order valence-electron chi connectivity index (χ0n) is 13.7. The summed E-state index contributed by atoms with van der Waals surface area (Å²) in [6, 6.07) is 5.86. The Bertz CT molecular complexity index is 477. The summed E-state index contributed by atoms with van der Waals surface area (Å²) < 4.78 is 12.9. The van der Waals surface area contributed by atoms with Crippen LogP contribution >= 0.6 is 11.8 Å². The van der Waals surface area contributed by atoms with Gasteiger partial charge in [-0.15, -0.1) is 0 Å². The molecule has 0 bridgehead atoms. The van der Waals surface area contributed by atoms with Gasteiger partial charge in [0.25, 0.3) is 0 Å². The number of thioether (sulfide) groups is 1. The lowest BCUT2D eigenvalue weighted by Crippen LogP contribution is -2.40. The molecule has 0 aliphatic carbocycles. The lowest BCUT2D eigenvalue weighted by atomic mass is 10.1. The van der Waals surface area contributed by atoms with E-state index in [4.69, 9.17) is 0 Å². The van der Waals surface area contributed by atoms with E-state index in [1.807, 2.05) is 6.92 Å². The third kappa shape index (κ3) is 6.66. The molecule has 0 spiro atoms. The minimum absolute atomic E-state index is 0.0674. The first-order valence-corrected chi connectivity index (χ1v) is 8.61. The molecule has 4 nitrogen and oxygen atoms in total. The van der Waals surface area contributed by atoms with Crippen LogP contribution in [0.1, 0.15) is 32.4 Å².